The van der Waals surface area contributed by atoms with Gasteiger partial charge in [0.2, 0.25) is 11.8 Å². The number of hydrogen-bond acceptors (Lipinski definition) is 4. The summed E-state index contributed by atoms with van der Waals surface area (Å²) in [6, 6.07) is 19.9. The highest BCUT2D eigenvalue weighted by atomic mass is 16.4. The smallest absolute Gasteiger partial charge is 0.253 e. The zero-order valence-corrected chi connectivity index (χ0v) is 17.4. The Morgan fingerprint density at radius 3 is 2.26 bits per heavy atom. The quantitative estimate of drug-likeness (QED) is 0.474. The molecule has 1 aliphatic heterocycles. The maximum absolute atomic E-state index is 12.9. The molecule has 6 nitrogen and oxygen atoms in total. The van der Waals surface area contributed by atoms with E-state index in [0.29, 0.717) is 23.4 Å². The van der Waals surface area contributed by atoms with Crippen LogP contribution in [0.4, 0.5) is 0 Å². The van der Waals surface area contributed by atoms with Gasteiger partial charge in [-0.25, -0.2) is 0 Å². The Balaban J connectivity index is 1.26. The standard InChI is InChI=1S/C25H24N4O2/c1-18-5-4-6-21(17-18)24-27-26-23(31-24)19-7-9-20(10-8-19)25(30)29-15-11-22(12-16-29)28-13-2-3-14-28/h2-10,13-14,17,22H,11-12,15-16H2,1H3. The lowest BCUT2D eigenvalue weighted by Crippen LogP contribution is -2.38. The number of aromatic nitrogens is 3. The Labute approximate surface area is 181 Å². The van der Waals surface area contributed by atoms with Crippen LogP contribution in [0.5, 0.6) is 0 Å². The SMILES string of the molecule is Cc1cccc(-c2nnc(-c3ccc(C(=O)N4CCC(n5cccc5)CC4)cc3)o2)c1. The van der Waals surface area contributed by atoms with Gasteiger partial charge >= 0.3 is 0 Å². The molecule has 0 bridgehead atoms. The van der Waals surface area contributed by atoms with E-state index >= 15 is 0 Å². The summed E-state index contributed by atoms with van der Waals surface area (Å²) in [4.78, 5) is 14.9. The number of carbonyl (C=O) groups is 1. The topological polar surface area (TPSA) is 64.2 Å². The van der Waals surface area contributed by atoms with E-state index in [4.69, 9.17) is 4.42 Å². The van der Waals surface area contributed by atoms with E-state index in [1.54, 1.807) is 0 Å². The van der Waals surface area contributed by atoms with Gasteiger partial charge in [-0.15, -0.1) is 10.2 Å². The minimum Gasteiger partial charge on any atom is -0.416 e. The minimum absolute atomic E-state index is 0.0727. The zero-order valence-electron chi connectivity index (χ0n) is 17.4. The number of rotatable bonds is 4. The van der Waals surface area contributed by atoms with Gasteiger partial charge in [0.1, 0.15) is 0 Å². The first-order valence-electron chi connectivity index (χ1n) is 10.6. The van der Waals surface area contributed by atoms with E-state index in [9.17, 15) is 4.79 Å². The van der Waals surface area contributed by atoms with E-state index in [1.807, 2.05) is 72.5 Å². The molecule has 1 saturated heterocycles. The van der Waals surface area contributed by atoms with Gasteiger partial charge in [-0.05, 0) is 68.3 Å². The summed E-state index contributed by atoms with van der Waals surface area (Å²) >= 11 is 0. The van der Waals surface area contributed by atoms with E-state index in [-0.39, 0.29) is 5.91 Å². The van der Waals surface area contributed by atoms with Crippen LogP contribution in [0, 0.1) is 6.92 Å². The second kappa shape index (κ2) is 8.22. The van der Waals surface area contributed by atoms with Crippen LogP contribution in [0.25, 0.3) is 22.9 Å². The number of likely N-dealkylation sites (tertiary alicyclic amines) is 1. The third kappa shape index (κ3) is 4.01. The van der Waals surface area contributed by atoms with Gasteiger partial charge in [-0.2, -0.15) is 0 Å². The first kappa shape index (κ1) is 19.3. The first-order valence-corrected chi connectivity index (χ1v) is 10.6. The normalized spacial score (nSPS) is 14.7. The summed E-state index contributed by atoms with van der Waals surface area (Å²) in [6.45, 7) is 3.57. The molecule has 0 atom stereocenters. The van der Waals surface area contributed by atoms with Gasteiger partial charge in [0.05, 0.1) is 0 Å². The molecule has 0 aliphatic carbocycles. The summed E-state index contributed by atoms with van der Waals surface area (Å²) in [7, 11) is 0. The zero-order chi connectivity index (χ0) is 21.2. The molecule has 2 aromatic heterocycles. The lowest BCUT2D eigenvalue weighted by Gasteiger charge is -2.32. The lowest BCUT2D eigenvalue weighted by atomic mass is 10.0. The van der Waals surface area contributed by atoms with Crippen LogP contribution in [0.3, 0.4) is 0 Å². The molecule has 0 spiro atoms. The highest BCUT2D eigenvalue weighted by Crippen LogP contribution is 2.26. The number of amides is 1. The fourth-order valence-electron chi connectivity index (χ4n) is 4.13. The molecule has 0 radical (unpaired) electrons. The molecular formula is C25H24N4O2. The van der Waals surface area contributed by atoms with Crippen molar-refractivity contribution in [2.24, 2.45) is 0 Å². The van der Waals surface area contributed by atoms with Gasteiger partial charge in [0, 0.05) is 48.2 Å². The largest absolute Gasteiger partial charge is 0.416 e. The maximum Gasteiger partial charge on any atom is 0.253 e. The fraction of sp³-hybridized carbons (Fsp3) is 0.240. The molecule has 0 saturated carbocycles. The van der Waals surface area contributed by atoms with Crippen molar-refractivity contribution in [3.05, 3.63) is 84.2 Å². The van der Waals surface area contributed by atoms with Crippen LogP contribution in [0.15, 0.2) is 77.5 Å². The molecule has 1 amide bonds. The molecule has 31 heavy (non-hydrogen) atoms. The van der Waals surface area contributed by atoms with Crippen LogP contribution in [-0.4, -0.2) is 38.7 Å². The average Bonchev–Trinajstić information content (AvgIpc) is 3.52. The fourth-order valence-corrected chi connectivity index (χ4v) is 4.13. The van der Waals surface area contributed by atoms with Crippen LogP contribution in [-0.2, 0) is 0 Å². The average molecular weight is 412 g/mol. The molecule has 3 heterocycles. The van der Waals surface area contributed by atoms with Crippen molar-refractivity contribution in [2.45, 2.75) is 25.8 Å². The van der Waals surface area contributed by atoms with Crippen LogP contribution in [0.1, 0.15) is 34.8 Å². The third-order valence-corrected chi connectivity index (χ3v) is 5.87. The second-order valence-corrected chi connectivity index (χ2v) is 8.01. The Morgan fingerprint density at radius 2 is 1.58 bits per heavy atom. The number of hydrogen-bond donors (Lipinski definition) is 0. The van der Waals surface area contributed by atoms with Crippen molar-refractivity contribution in [3.8, 4) is 22.9 Å². The molecule has 0 unspecified atom stereocenters. The number of piperidine rings is 1. The first-order chi connectivity index (χ1) is 15.2. The van der Waals surface area contributed by atoms with E-state index in [1.165, 1.54) is 0 Å². The molecular weight excluding hydrogens is 388 g/mol. The maximum atomic E-state index is 12.9. The molecule has 2 aromatic carbocycles. The predicted molar refractivity (Wildman–Crippen MR) is 119 cm³/mol. The van der Waals surface area contributed by atoms with E-state index < -0.39 is 0 Å². The van der Waals surface area contributed by atoms with Gasteiger partial charge in [-0.3, -0.25) is 4.79 Å². The number of aryl methyl sites for hydroxylation is 1. The summed E-state index contributed by atoms with van der Waals surface area (Å²) in [5.74, 6) is 1.01. The van der Waals surface area contributed by atoms with Crippen molar-refractivity contribution < 1.29 is 9.21 Å². The van der Waals surface area contributed by atoms with Crippen molar-refractivity contribution in [2.75, 3.05) is 13.1 Å². The monoisotopic (exact) mass is 412 g/mol. The molecule has 0 N–H and O–H groups in total. The molecule has 1 fully saturated rings. The van der Waals surface area contributed by atoms with Crippen LogP contribution < -0.4 is 0 Å². The van der Waals surface area contributed by atoms with E-state index in [0.717, 1.165) is 42.6 Å². The molecule has 4 aromatic rings. The minimum atomic E-state index is 0.0727. The number of benzene rings is 2. The Bertz CT molecular complexity index is 1170. The van der Waals surface area contributed by atoms with Gasteiger partial charge < -0.3 is 13.9 Å². The van der Waals surface area contributed by atoms with Gasteiger partial charge in [-0.1, -0.05) is 17.7 Å². The highest BCUT2D eigenvalue weighted by molar-refractivity contribution is 5.94. The Morgan fingerprint density at radius 1 is 0.903 bits per heavy atom. The predicted octanol–water partition coefficient (Wildman–Crippen LogP) is 4.99. The summed E-state index contributed by atoms with van der Waals surface area (Å²) in [6.07, 6.45) is 6.15. The second-order valence-electron chi connectivity index (χ2n) is 8.01. The van der Waals surface area contributed by atoms with Crippen molar-refractivity contribution in [3.63, 3.8) is 0 Å². The van der Waals surface area contributed by atoms with E-state index in [2.05, 4.69) is 27.2 Å². The Hall–Kier alpha value is -3.67. The third-order valence-electron chi connectivity index (χ3n) is 5.87. The Kier molecular flexibility index (Phi) is 5.12. The molecule has 156 valence electrons. The number of carbonyl (C=O) groups excluding carboxylic acids is 1. The lowest BCUT2D eigenvalue weighted by molar-refractivity contribution is 0.0694. The van der Waals surface area contributed by atoms with Gasteiger partial charge in [0.25, 0.3) is 5.91 Å². The van der Waals surface area contributed by atoms with Crippen LogP contribution in [0.2, 0.25) is 0 Å². The number of nitrogens with zero attached hydrogens (tertiary/aromatic N) is 4. The summed E-state index contributed by atoms with van der Waals surface area (Å²) in [5, 5.41) is 8.34. The summed E-state index contributed by atoms with van der Waals surface area (Å²) < 4.78 is 8.10. The van der Waals surface area contributed by atoms with Gasteiger partial charge in [0.15, 0.2) is 0 Å². The molecule has 5 rings (SSSR count). The molecule has 1 aliphatic rings. The van der Waals surface area contributed by atoms with Crippen LogP contribution >= 0.6 is 0 Å². The van der Waals surface area contributed by atoms with Crippen molar-refractivity contribution in [1.29, 1.82) is 0 Å². The van der Waals surface area contributed by atoms with Crippen molar-refractivity contribution >= 4 is 5.91 Å². The molecule has 6 heteroatoms. The van der Waals surface area contributed by atoms with Crippen molar-refractivity contribution in [1.82, 2.24) is 19.7 Å². The summed E-state index contributed by atoms with van der Waals surface area (Å²) in [5.41, 5.74) is 3.52. The highest BCUT2D eigenvalue weighted by Gasteiger charge is 2.24.